The molecule has 0 unspecified atom stereocenters. The Kier molecular flexibility index (Phi) is 2.36. The standard InChI is InChI=1S/C10H5NO6/c12-9(13)6-4-5-2-1-3-7(11(15)16)8(5)17-10(6)14/h1-4H,(H,12,13)/p-1. The van der Waals surface area contributed by atoms with Crippen molar-refractivity contribution in [1.29, 1.82) is 0 Å². The molecular weight excluding hydrogens is 230 g/mol. The first-order valence-corrected chi connectivity index (χ1v) is 4.43. The van der Waals surface area contributed by atoms with E-state index < -0.39 is 27.8 Å². The molecule has 0 aliphatic heterocycles. The summed E-state index contributed by atoms with van der Waals surface area (Å²) in [5.41, 5.74) is -2.50. The summed E-state index contributed by atoms with van der Waals surface area (Å²) in [6.07, 6.45) is 0. The molecule has 0 spiro atoms. The van der Waals surface area contributed by atoms with Crippen LogP contribution in [0.25, 0.3) is 11.0 Å². The van der Waals surface area contributed by atoms with Gasteiger partial charge in [0.25, 0.3) is 0 Å². The van der Waals surface area contributed by atoms with E-state index in [4.69, 9.17) is 0 Å². The van der Waals surface area contributed by atoms with Crippen LogP contribution in [0.15, 0.2) is 33.5 Å². The minimum atomic E-state index is -1.69. The number of hydrogen-bond acceptors (Lipinski definition) is 6. The molecule has 2 aromatic rings. The van der Waals surface area contributed by atoms with Gasteiger partial charge in [-0.2, -0.15) is 0 Å². The molecule has 0 N–H and O–H groups in total. The highest BCUT2D eigenvalue weighted by molar-refractivity contribution is 5.92. The fraction of sp³-hybridized carbons (Fsp3) is 0. The van der Waals surface area contributed by atoms with Crippen molar-refractivity contribution in [2.45, 2.75) is 0 Å². The van der Waals surface area contributed by atoms with Crippen LogP contribution in [0.5, 0.6) is 0 Å². The van der Waals surface area contributed by atoms with E-state index in [1.807, 2.05) is 0 Å². The van der Waals surface area contributed by atoms with Gasteiger partial charge in [0.15, 0.2) is 0 Å². The maximum absolute atomic E-state index is 11.2. The topological polar surface area (TPSA) is 113 Å². The van der Waals surface area contributed by atoms with Gasteiger partial charge in [-0.3, -0.25) is 10.1 Å². The van der Waals surface area contributed by atoms with Crippen molar-refractivity contribution in [3.8, 4) is 0 Å². The summed E-state index contributed by atoms with van der Waals surface area (Å²) >= 11 is 0. The number of benzene rings is 1. The molecule has 1 heterocycles. The molecule has 17 heavy (non-hydrogen) atoms. The molecule has 0 aliphatic rings. The summed E-state index contributed by atoms with van der Waals surface area (Å²) in [6.45, 7) is 0. The Bertz CT molecular complexity index is 687. The van der Waals surface area contributed by atoms with Crippen LogP contribution in [0.2, 0.25) is 0 Å². The molecule has 0 radical (unpaired) electrons. The molecule has 0 amide bonds. The third-order valence-electron chi connectivity index (χ3n) is 2.16. The first-order chi connectivity index (χ1) is 8.00. The van der Waals surface area contributed by atoms with Crippen molar-refractivity contribution in [3.05, 3.63) is 50.4 Å². The third-order valence-corrected chi connectivity index (χ3v) is 2.16. The number of nitrogens with zero attached hydrogens (tertiary/aromatic N) is 1. The van der Waals surface area contributed by atoms with Gasteiger partial charge in [-0.1, -0.05) is 12.1 Å². The number of nitro benzene ring substituents is 1. The zero-order chi connectivity index (χ0) is 12.6. The lowest BCUT2D eigenvalue weighted by molar-refractivity contribution is -0.383. The van der Waals surface area contributed by atoms with Crippen LogP contribution in [-0.4, -0.2) is 10.9 Å². The SMILES string of the molecule is O=C([O-])c1cc2cccc([N+](=O)[O-])c2oc1=O. The molecule has 1 aromatic heterocycles. The summed E-state index contributed by atoms with van der Waals surface area (Å²) in [4.78, 5) is 31.8. The number of carboxylic acids is 1. The molecule has 0 aliphatic carbocycles. The molecule has 0 saturated heterocycles. The summed E-state index contributed by atoms with van der Waals surface area (Å²) < 4.78 is 4.63. The van der Waals surface area contributed by atoms with Crippen molar-refractivity contribution < 1.29 is 19.2 Å². The highest BCUT2D eigenvalue weighted by Crippen LogP contribution is 2.24. The van der Waals surface area contributed by atoms with Gasteiger partial charge in [0, 0.05) is 11.5 Å². The van der Waals surface area contributed by atoms with Crippen molar-refractivity contribution in [2.75, 3.05) is 0 Å². The molecule has 2 rings (SSSR count). The smallest absolute Gasteiger partial charge is 0.345 e. The van der Waals surface area contributed by atoms with E-state index in [-0.39, 0.29) is 11.0 Å². The van der Waals surface area contributed by atoms with Crippen LogP contribution < -0.4 is 10.7 Å². The van der Waals surface area contributed by atoms with Gasteiger partial charge in [-0.25, -0.2) is 4.79 Å². The minimum absolute atomic E-state index is 0.151. The normalized spacial score (nSPS) is 10.4. The quantitative estimate of drug-likeness (QED) is 0.412. The molecule has 0 atom stereocenters. The number of carbonyl (C=O) groups is 1. The van der Waals surface area contributed by atoms with E-state index in [0.29, 0.717) is 0 Å². The molecule has 1 aromatic carbocycles. The van der Waals surface area contributed by atoms with E-state index in [2.05, 4.69) is 4.42 Å². The summed E-state index contributed by atoms with van der Waals surface area (Å²) in [7, 11) is 0. The predicted octanol–water partition coefficient (Wildman–Crippen LogP) is 0.0647. The van der Waals surface area contributed by atoms with Crippen molar-refractivity contribution in [1.82, 2.24) is 0 Å². The Labute approximate surface area is 93.1 Å². The van der Waals surface area contributed by atoms with Crippen molar-refractivity contribution in [2.24, 2.45) is 0 Å². The molecule has 0 fully saturated rings. The van der Waals surface area contributed by atoms with E-state index in [9.17, 15) is 24.8 Å². The van der Waals surface area contributed by atoms with Gasteiger partial charge < -0.3 is 14.3 Å². The lowest BCUT2D eigenvalue weighted by Crippen LogP contribution is -2.28. The van der Waals surface area contributed by atoms with E-state index in [1.165, 1.54) is 12.1 Å². The number of aromatic carboxylic acids is 1. The Morgan fingerprint density at radius 2 is 2.06 bits per heavy atom. The van der Waals surface area contributed by atoms with E-state index in [1.54, 1.807) is 0 Å². The van der Waals surface area contributed by atoms with Crippen LogP contribution >= 0.6 is 0 Å². The molecule has 0 saturated carbocycles. The maximum atomic E-state index is 11.2. The fourth-order valence-corrected chi connectivity index (χ4v) is 1.42. The molecular formula is C10H4NO6-. The second-order valence-corrected chi connectivity index (χ2v) is 3.19. The van der Waals surface area contributed by atoms with Crippen molar-refractivity contribution >= 4 is 22.6 Å². The average Bonchev–Trinajstić information content (AvgIpc) is 2.26. The minimum Gasteiger partial charge on any atom is -0.545 e. The van der Waals surface area contributed by atoms with Gasteiger partial charge in [-0.15, -0.1) is 0 Å². The Morgan fingerprint density at radius 3 is 2.65 bits per heavy atom. The summed E-state index contributed by atoms with van der Waals surface area (Å²) in [5.74, 6) is -1.69. The molecule has 7 heteroatoms. The monoisotopic (exact) mass is 234 g/mol. The van der Waals surface area contributed by atoms with Crippen molar-refractivity contribution in [3.63, 3.8) is 0 Å². The van der Waals surface area contributed by atoms with Crippen LogP contribution in [-0.2, 0) is 0 Å². The van der Waals surface area contributed by atoms with Gasteiger partial charge in [0.05, 0.1) is 16.5 Å². The van der Waals surface area contributed by atoms with Gasteiger partial charge >= 0.3 is 11.3 Å². The summed E-state index contributed by atoms with van der Waals surface area (Å²) in [5, 5.41) is 21.4. The Balaban J connectivity index is 2.87. The largest absolute Gasteiger partial charge is 0.545 e. The lowest BCUT2D eigenvalue weighted by atomic mass is 10.1. The predicted molar refractivity (Wildman–Crippen MR) is 53.5 cm³/mol. The highest BCUT2D eigenvalue weighted by Gasteiger charge is 2.16. The summed E-state index contributed by atoms with van der Waals surface area (Å²) in [6, 6.07) is 4.91. The Morgan fingerprint density at radius 1 is 1.35 bits per heavy atom. The van der Waals surface area contributed by atoms with Gasteiger partial charge in [0.2, 0.25) is 5.58 Å². The second kappa shape index (κ2) is 3.71. The highest BCUT2D eigenvalue weighted by atomic mass is 16.6. The first-order valence-electron chi connectivity index (χ1n) is 4.43. The molecule has 7 nitrogen and oxygen atoms in total. The number of hydrogen-bond donors (Lipinski definition) is 0. The molecule has 0 bridgehead atoms. The van der Waals surface area contributed by atoms with Crippen LogP contribution in [0.4, 0.5) is 5.69 Å². The number of rotatable bonds is 2. The zero-order valence-electron chi connectivity index (χ0n) is 8.21. The maximum Gasteiger partial charge on any atom is 0.345 e. The molecule has 86 valence electrons. The number of para-hydroxylation sites is 1. The number of non-ortho nitro benzene ring substituents is 1. The average molecular weight is 234 g/mol. The van der Waals surface area contributed by atoms with Crippen LogP contribution in [0.3, 0.4) is 0 Å². The number of carbonyl (C=O) groups excluding carboxylic acids is 1. The van der Waals surface area contributed by atoms with E-state index in [0.717, 1.165) is 12.1 Å². The number of nitro groups is 1. The first kappa shape index (κ1) is 10.8. The van der Waals surface area contributed by atoms with Gasteiger partial charge in [0.1, 0.15) is 0 Å². The fourth-order valence-electron chi connectivity index (χ4n) is 1.42. The van der Waals surface area contributed by atoms with E-state index >= 15 is 0 Å². The third kappa shape index (κ3) is 1.73. The van der Waals surface area contributed by atoms with Crippen LogP contribution in [0.1, 0.15) is 10.4 Å². The lowest BCUT2D eigenvalue weighted by Gasteiger charge is -2.02. The second-order valence-electron chi connectivity index (χ2n) is 3.19. The zero-order valence-corrected chi connectivity index (χ0v) is 8.21. The van der Waals surface area contributed by atoms with Gasteiger partial charge in [-0.05, 0) is 6.07 Å². The number of carboxylic acid groups (broad SMARTS) is 1. The Hall–Kier alpha value is -2.70. The van der Waals surface area contributed by atoms with Crippen LogP contribution in [0, 0.1) is 10.1 Å². The number of fused-ring (bicyclic) bond motifs is 1.